The number of nitrogens with zero attached hydrogens (tertiary/aromatic N) is 5. The Hall–Kier alpha value is -4.90. The van der Waals surface area contributed by atoms with Crippen LogP contribution in [-0.2, 0) is 0 Å². The molecule has 0 unspecified atom stereocenters. The first-order valence-electron chi connectivity index (χ1n) is 33.5. The van der Waals surface area contributed by atoms with E-state index >= 15 is 0 Å². The molecule has 0 spiro atoms. The van der Waals surface area contributed by atoms with Gasteiger partial charge in [-0.25, -0.2) is 0 Å². The van der Waals surface area contributed by atoms with Crippen molar-refractivity contribution in [3.05, 3.63) is 180 Å². The molecule has 440 valence electrons. The maximum atomic E-state index is 2.52. The first-order valence-corrected chi connectivity index (χ1v) is 33.5. The first-order chi connectivity index (χ1) is 39.7. The second-order valence-electron chi connectivity index (χ2n) is 24.2. The van der Waals surface area contributed by atoms with Gasteiger partial charge < -0.3 is 24.5 Å². The molecule has 0 aromatic rings. The SMILES string of the molecule is C1=CN2CCC=CCCCCCCC3=CC=CN(CCC=CCCCCCCC4=CC=CN(CCC=CCCCCCCC5=CC=CN(CCC=CCCCCCCC6=CC=CN(CCC=CCCCCCCC(=C1)C2)C6)C5)C4)C3. The van der Waals surface area contributed by atoms with Gasteiger partial charge >= 0.3 is 0 Å². The van der Waals surface area contributed by atoms with E-state index in [1.807, 2.05) is 0 Å². The third kappa shape index (κ3) is 31.3. The van der Waals surface area contributed by atoms with Crippen molar-refractivity contribution in [2.75, 3.05) is 65.4 Å². The maximum Gasteiger partial charge on any atom is 0.0386 e. The Bertz CT molecular complexity index is 1780. The van der Waals surface area contributed by atoms with E-state index in [1.54, 1.807) is 27.9 Å². The summed E-state index contributed by atoms with van der Waals surface area (Å²) in [4.78, 5) is 12.6. The second kappa shape index (κ2) is 43.8. The highest BCUT2D eigenvalue weighted by Gasteiger charge is 2.12. The van der Waals surface area contributed by atoms with Gasteiger partial charge in [-0.1, -0.05) is 183 Å². The summed E-state index contributed by atoms with van der Waals surface area (Å²) < 4.78 is 0. The lowest BCUT2D eigenvalue weighted by Crippen LogP contribution is -2.23. The van der Waals surface area contributed by atoms with Gasteiger partial charge in [-0.2, -0.15) is 0 Å². The summed E-state index contributed by atoms with van der Waals surface area (Å²) >= 11 is 0. The van der Waals surface area contributed by atoms with Crippen molar-refractivity contribution in [2.45, 2.75) is 225 Å². The van der Waals surface area contributed by atoms with Crippen LogP contribution in [0.5, 0.6) is 0 Å². The van der Waals surface area contributed by atoms with Crippen molar-refractivity contribution in [1.82, 2.24) is 24.5 Å². The molecule has 0 radical (unpaired) electrons. The van der Waals surface area contributed by atoms with Gasteiger partial charge in [0.1, 0.15) is 0 Å². The predicted molar refractivity (Wildman–Crippen MR) is 351 cm³/mol. The Kier molecular flexibility index (Phi) is 35.2. The summed E-state index contributed by atoms with van der Waals surface area (Å²) in [5.41, 5.74) is 8.05. The molecular weight excluding hydrogens is 971 g/mol. The van der Waals surface area contributed by atoms with Gasteiger partial charge in [0, 0.05) is 65.4 Å². The van der Waals surface area contributed by atoms with Gasteiger partial charge in [0.2, 0.25) is 0 Å². The standard InChI is InChI=1S/C75H115N5/c1-6-16-26-36-56-76-61-42-52-72(67-76)47-32-22-12-3-8-18-28-38-58-78-63-44-54-74(69-78)49-34-24-14-5-10-20-30-40-60-80-65-45-55-75(70-80)50-35-25-15-4-9-19-29-39-59-79-64-43-53-73(68-79)48-33-23-13-2-7-17-27-37-57-77-62-41-51-71(66-77)46-31-21-11-1/h16-20,26-30,41-45,51-55,61-65H,1-15,21-25,31-40,46-50,56-60,66-70H2. The zero-order valence-corrected chi connectivity index (χ0v) is 51.0. The fourth-order valence-corrected chi connectivity index (χ4v) is 12.1. The Morgan fingerprint density at radius 3 is 0.562 bits per heavy atom. The minimum absolute atomic E-state index is 1.11. The molecule has 80 heavy (non-hydrogen) atoms. The summed E-state index contributed by atoms with van der Waals surface area (Å²) in [6, 6.07) is 0. The molecule has 0 atom stereocenters. The molecule has 0 saturated heterocycles. The highest BCUT2D eigenvalue weighted by Crippen LogP contribution is 2.22. The van der Waals surface area contributed by atoms with Crippen molar-refractivity contribution in [3.63, 3.8) is 0 Å². The van der Waals surface area contributed by atoms with Crippen molar-refractivity contribution < 1.29 is 0 Å². The molecule has 0 saturated carbocycles. The maximum absolute atomic E-state index is 2.52. The number of hydrogen-bond donors (Lipinski definition) is 0. The molecule has 0 aromatic carbocycles. The predicted octanol–water partition coefficient (Wildman–Crippen LogP) is 20.2. The lowest BCUT2D eigenvalue weighted by Gasteiger charge is -2.24. The molecule has 6 rings (SSSR count). The molecule has 5 nitrogen and oxygen atoms in total. The molecule has 6 aliphatic heterocycles. The Balaban J connectivity index is 0.817. The molecular formula is C75H115N5. The van der Waals surface area contributed by atoms with Crippen LogP contribution in [0.15, 0.2) is 180 Å². The summed E-state index contributed by atoms with van der Waals surface area (Å²) in [6.07, 6.45) is 104. The smallest absolute Gasteiger partial charge is 0.0386 e. The number of rotatable bonds is 0. The minimum atomic E-state index is 1.11. The normalized spacial score (nSPS) is 23.0. The summed E-state index contributed by atoms with van der Waals surface area (Å²) in [5, 5.41) is 0. The third-order valence-corrected chi connectivity index (χ3v) is 17.0. The van der Waals surface area contributed by atoms with Crippen LogP contribution in [0.25, 0.3) is 0 Å². The monoisotopic (exact) mass is 1090 g/mol. The van der Waals surface area contributed by atoms with Crippen molar-refractivity contribution >= 4 is 0 Å². The summed E-state index contributed by atoms with van der Waals surface area (Å²) in [6.45, 7) is 11.2. The number of hydrogen-bond acceptors (Lipinski definition) is 5. The lowest BCUT2D eigenvalue weighted by molar-refractivity contribution is 0.402. The molecule has 0 amide bonds. The molecule has 5 heteroatoms. The van der Waals surface area contributed by atoms with Gasteiger partial charge in [-0.05, 0) is 222 Å². The summed E-state index contributed by atoms with van der Waals surface area (Å²) in [7, 11) is 0. The zero-order chi connectivity index (χ0) is 55.3. The quantitative estimate of drug-likeness (QED) is 0.224. The van der Waals surface area contributed by atoms with Crippen molar-refractivity contribution in [3.8, 4) is 0 Å². The Morgan fingerprint density at radius 1 is 0.188 bits per heavy atom. The van der Waals surface area contributed by atoms with Crippen LogP contribution in [0.2, 0.25) is 0 Å². The zero-order valence-electron chi connectivity index (χ0n) is 51.0. The van der Waals surface area contributed by atoms with E-state index in [9.17, 15) is 0 Å². The highest BCUT2D eigenvalue weighted by atomic mass is 15.1. The number of fused-ring (bicyclic) bond motifs is 10. The largest absolute Gasteiger partial charge is 0.373 e. The molecule has 0 N–H and O–H groups in total. The molecule has 6 heterocycles. The topological polar surface area (TPSA) is 16.2 Å². The number of allylic oxidation sites excluding steroid dienone is 15. The molecule has 6 aliphatic rings. The van der Waals surface area contributed by atoms with Crippen LogP contribution in [0.4, 0.5) is 0 Å². The average Bonchev–Trinajstić information content (AvgIpc) is 3.48. The van der Waals surface area contributed by atoms with E-state index in [0.717, 1.165) is 97.6 Å². The van der Waals surface area contributed by atoms with E-state index in [4.69, 9.17) is 0 Å². The molecule has 0 fully saturated rings. The van der Waals surface area contributed by atoms with Gasteiger partial charge in [0.15, 0.2) is 0 Å². The van der Waals surface area contributed by atoms with Crippen LogP contribution in [0, 0.1) is 0 Å². The summed E-state index contributed by atoms with van der Waals surface area (Å²) in [5.74, 6) is 0. The van der Waals surface area contributed by atoms with Gasteiger partial charge in [0.05, 0.1) is 0 Å². The van der Waals surface area contributed by atoms with Crippen molar-refractivity contribution in [1.29, 1.82) is 0 Å². The third-order valence-electron chi connectivity index (χ3n) is 17.0. The van der Waals surface area contributed by atoms with Crippen LogP contribution in [0.1, 0.15) is 225 Å². The second-order valence-corrected chi connectivity index (χ2v) is 24.2. The van der Waals surface area contributed by atoms with E-state index < -0.39 is 0 Å². The molecule has 0 aliphatic carbocycles. The van der Waals surface area contributed by atoms with E-state index in [1.165, 1.54) is 193 Å². The Morgan fingerprint density at radius 2 is 0.362 bits per heavy atom. The van der Waals surface area contributed by atoms with Crippen LogP contribution in [-0.4, -0.2) is 89.9 Å². The lowest BCUT2D eigenvalue weighted by atomic mass is 10.0. The Labute approximate surface area is 492 Å². The van der Waals surface area contributed by atoms with Gasteiger partial charge in [-0.15, -0.1) is 0 Å². The average molecular weight is 1090 g/mol. The molecule has 10 bridgehead atoms. The van der Waals surface area contributed by atoms with E-state index in [2.05, 4.69) is 177 Å². The fraction of sp³-hybridized carbons (Fsp3) is 0.600. The van der Waals surface area contributed by atoms with Gasteiger partial charge in [0.25, 0.3) is 0 Å². The van der Waals surface area contributed by atoms with Crippen LogP contribution < -0.4 is 0 Å². The van der Waals surface area contributed by atoms with Crippen LogP contribution in [0.3, 0.4) is 0 Å². The van der Waals surface area contributed by atoms with Crippen LogP contribution >= 0.6 is 0 Å². The fourth-order valence-electron chi connectivity index (χ4n) is 12.1. The molecule has 0 aromatic heterocycles. The first kappa shape index (κ1) is 64.3. The van der Waals surface area contributed by atoms with Gasteiger partial charge in [-0.3, -0.25) is 0 Å². The minimum Gasteiger partial charge on any atom is -0.373 e. The van der Waals surface area contributed by atoms with E-state index in [0.29, 0.717) is 0 Å². The van der Waals surface area contributed by atoms with Crippen molar-refractivity contribution in [2.24, 2.45) is 0 Å². The van der Waals surface area contributed by atoms with E-state index in [-0.39, 0.29) is 0 Å². The highest BCUT2D eigenvalue weighted by molar-refractivity contribution is 5.22.